The fraction of sp³-hybridized carbons (Fsp3) is 0.267. The van der Waals surface area contributed by atoms with Crippen LogP contribution in [0.2, 0.25) is 0 Å². The van der Waals surface area contributed by atoms with Gasteiger partial charge in [-0.25, -0.2) is 9.37 Å². The molecule has 1 aliphatic rings. The molecule has 2 aromatic rings. The number of ether oxygens (including phenoxy) is 1. The highest BCUT2D eigenvalue weighted by Gasteiger charge is 2.19. The van der Waals surface area contributed by atoms with Gasteiger partial charge in [0.25, 0.3) is 0 Å². The van der Waals surface area contributed by atoms with E-state index in [0.717, 1.165) is 12.1 Å². The molecule has 0 atom stereocenters. The summed E-state index contributed by atoms with van der Waals surface area (Å²) in [5.41, 5.74) is 1.11. The lowest BCUT2D eigenvalue weighted by Crippen LogP contribution is -2.15. The van der Waals surface area contributed by atoms with E-state index in [9.17, 15) is 4.39 Å². The number of nitrogens with zero attached hydrogens (tertiary/aromatic N) is 1. The van der Waals surface area contributed by atoms with Crippen LogP contribution in [0.15, 0.2) is 41.0 Å². The average molecular weight is 337 g/mol. The summed E-state index contributed by atoms with van der Waals surface area (Å²) in [4.78, 5) is 4.15. The zero-order chi connectivity index (χ0) is 13.9. The van der Waals surface area contributed by atoms with E-state index >= 15 is 0 Å². The van der Waals surface area contributed by atoms with Crippen molar-refractivity contribution in [2.45, 2.75) is 25.4 Å². The van der Waals surface area contributed by atoms with Crippen LogP contribution in [0.5, 0.6) is 11.6 Å². The molecule has 1 aromatic heterocycles. The van der Waals surface area contributed by atoms with Crippen LogP contribution in [0.4, 0.5) is 4.39 Å². The summed E-state index contributed by atoms with van der Waals surface area (Å²) in [6, 6.07) is 9.13. The maximum atomic E-state index is 13.4. The van der Waals surface area contributed by atoms with Crippen molar-refractivity contribution >= 4 is 15.9 Å². The van der Waals surface area contributed by atoms with Crippen molar-refractivity contribution in [2.75, 3.05) is 0 Å². The molecule has 3 nitrogen and oxygen atoms in total. The van der Waals surface area contributed by atoms with Crippen LogP contribution < -0.4 is 10.1 Å². The van der Waals surface area contributed by atoms with E-state index in [0.29, 0.717) is 22.1 Å². The second kappa shape index (κ2) is 5.89. The lowest BCUT2D eigenvalue weighted by atomic mass is 10.2. The van der Waals surface area contributed by atoms with Crippen LogP contribution in [0.1, 0.15) is 18.4 Å². The highest BCUT2D eigenvalue weighted by atomic mass is 79.9. The predicted molar refractivity (Wildman–Crippen MR) is 78.3 cm³/mol. The molecule has 1 saturated carbocycles. The molecular weight excluding hydrogens is 323 g/mol. The van der Waals surface area contributed by atoms with E-state index in [1.165, 1.54) is 18.9 Å². The van der Waals surface area contributed by atoms with Crippen molar-refractivity contribution in [1.29, 1.82) is 0 Å². The molecule has 1 aliphatic carbocycles. The molecule has 0 amide bonds. The fourth-order valence-electron chi connectivity index (χ4n) is 1.83. The minimum Gasteiger partial charge on any atom is -0.439 e. The van der Waals surface area contributed by atoms with Crippen LogP contribution >= 0.6 is 15.9 Å². The Hall–Kier alpha value is -1.46. The zero-order valence-corrected chi connectivity index (χ0v) is 12.4. The van der Waals surface area contributed by atoms with E-state index in [1.54, 1.807) is 18.3 Å². The number of benzene rings is 1. The van der Waals surface area contributed by atoms with Crippen molar-refractivity contribution < 1.29 is 9.13 Å². The van der Waals surface area contributed by atoms with Gasteiger partial charge in [0.15, 0.2) is 0 Å². The van der Waals surface area contributed by atoms with Gasteiger partial charge in [-0.15, -0.1) is 0 Å². The Morgan fingerprint density at radius 3 is 2.90 bits per heavy atom. The SMILES string of the molecule is Fc1cc(Oc2cc(CNC3CC3)ccn2)ccc1Br. The number of aromatic nitrogens is 1. The molecule has 0 radical (unpaired) electrons. The summed E-state index contributed by atoms with van der Waals surface area (Å²) in [6.45, 7) is 0.804. The fourth-order valence-corrected chi connectivity index (χ4v) is 2.07. The summed E-state index contributed by atoms with van der Waals surface area (Å²) in [5, 5.41) is 3.43. The quantitative estimate of drug-likeness (QED) is 0.895. The summed E-state index contributed by atoms with van der Waals surface area (Å²) >= 11 is 3.11. The summed E-state index contributed by atoms with van der Waals surface area (Å²) < 4.78 is 19.4. The van der Waals surface area contributed by atoms with Gasteiger partial charge < -0.3 is 10.1 Å². The van der Waals surface area contributed by atoms with Crippen molar-refractivity contribution in [1.82, 2.24) is 10.3 Å². The Morgan fingerprint density at radius 2 is 2.15 bits per heavy atom. The predicted octanol–water partition coefficient (Wildman–Crippen LogP) is 4.03. The van der Waals surface area contributed by atoms with Crippen molar-refractivity contribution in [3.05, 3.63) is 52.4 Å². The molecule has 20 heavy (non-hydrogen) atoms. The van der Waals surface area contributed by atoms with Gasteiger partial charge in [-0.3, -0.25) is 0 Å². The maximum absolute atomic E-state index is 13.4. The van der Waals surface area contributed by atoms with Crippen LogP contribution in [0, 0.1) is 5.82 Å². The van der Waals surface area contributed by atoms with E-state index < -0.39 is 0 Å². The van der Waals surface area contributed by atoms with E-state index in [2.05, 4.69) is 26.2 Å². The maximum Gasteiger partial charge on any atom is 0.219 e. The average Bonchev–Trinajstić information content (AvgIpc) is 3.25. The van der Waals surface area contributed by atoms with Crippen LogP contribution in [0.25, 0.3) is 0 Å². The number of pyridine rings is 1. The van der Waals surface area contributed by atoms with Crippen molar-refractivity contribution in [3.8, 4) is 11.6 Å². The normalized spacial score (nSPS) is 14.3. The first-order chi connectivity index (χ1) is 9.70. The molecule has 1 aromatic carbocycles. The van der Waals surface area contributed by atoms with Gasteiger partial charge in [-0.05, 0) is 52.5 Å². The standard InChI is InChI=1S/C15H14BrFN2O/c16-13-4-3-12(8-14(13)17)20-15-7-10(5-6-18-15)9-19-11-1-2-11/h3-8,11,19H,1-2,9H2. The van der Waals surface area contributed by atoms with Gasteiger partial charge in [-0.2, -0.15) is 0 Å². The molecule has 0 spiro atoms. The van der Waals surface area contributed by atoms with E-state index in [1.807, 2.05) is 12.1 Å². The third kappa shape index (κ3) is 3.55. The van der Waals surface area contributed by atoms with E-state index in [-0.39, 0.29) is 5.82 Å². The van der Waals surface area contributed by atoms with Crippen LogP contribution in [0.3, 0.4) is 0 Å². The Morgan fingerprint density at radius 1 is 1.30 bits per heavy atom. The number of halogens is 2. The Bertz CT molecular complexity index is 617. The lowest BCUT2D eigenvalue weighted by Gasteiger charge is -2.08. The minimum atomic E-state index is -0.353. The molecule has 0 aliphatic heterocycles. The molecule has 0 unspecified atom stereocenters. The molecule has 5 heteroatoms. The topological polar surface area (TPSA) is 34.1 Å². The highest BCUT2D eigenvalue weighted by Crippen LogP contribution is 2.25. The first-order valence-electron chi connectivity index (χ1n) is 6.52. The number of rotatable bonds is 5. The molecule has 0 saturated heterocycles. The third-order valence-electron chi connectivity index (χ3n) is 3.08. The third-order valence-corrected chi connectivity index (χ3v) is 3.73. The van der Waals surface area contributed by atoms with E-state index in [4.69, 9.17) is 4.74 Å². The molecule has 3 rings (SSSR count). The number of hydrogen-bond acceptors (Lipinski definition) is 3. The first-order valence-corrected chi connectivity index (χ1v) is 7.31. The second-order valence-electron chi connectivity index (χ2n) is 4.84. The summed E-state index contributed by atoms with van der Waals surface area (Å²) in [6.07, 6.45) is 4.22. The van der Waals surface area contributed by atoms with Crippen molar-refractivity contribution in [2.24, 2.45) is 0 Å². The Labute approximate surface area is 125 Å². The van der Waals surface area contributed by atoms with Gasteiger partial charge in [0.1, 0.15) is 11.6 Å². The molecule has 104 valence electrons. The largest absolute Gasteiger partial charge is 0.439 e. The van der Waals surface area contributed by atoms with Crippen LogP contribution in [-0.2, 0) is 6.54 Å². The lowest BCUT2D eigenvalue weighted by molar-refractivity contribution is 0.456. The zero-order valence-electron chi connectivity index (χ0n) is 10.8. The molecule has 1 heterocycles. The Balaban J connectivity index is 1.69. The minimum absolute atomic E-state index is 0.353. The van der Waals surface area contributed by atoms with Gasteiger partial charge in [0.2, 0.25) is 5.88 Å². The van der Waals surface area contributed by atoms with Gasteiger partial charge >= 0.3 is 0 Å². The van der Waals surface area contributed by atoms with Gasteiger partial charge in [-0.1, -0.05) is 0 Å². The highest BCUT2D eigenvalue weighted by molar-refractivity contribution is 9.10. The molecule has 0 bridgehead atoms. The van der Waals surface area contributed by atoms with Crippen molar-refractivity contribution in [3.63, 3.8) is 0 Å². The smallest absolute Gasteiger partial charge is 0.219 e. The summed E-state index contributed by atoms with van der Waals surface area (Å²) in [7, 11) is 0. The second-order valence-corrected chi connectivity index (χ2v) is 5.69. The van der Waals surface area contributed by atoms with Crippen LogP contribution in [-0.4, -0.2) is 11.0 Å². The monoisotopic (exact) mass is 336 g/mol. The molecule has 1 fully saturated rings. The number of nitrogens with one attached hydrogen (secondary N) is 1. The molecular formula is C15H14BrFN2O. The number of hydrogen-bond donors (Lipinski definition) is 1. The molecule has 1 N–H and O–H groups in total. The first kappa shape index (κ1) is 13.5. The van der Waals surface area contributed by atoms with Gasteiger partial charge in [0, 0.05) is 30.9 Å². The summed E-state index contributed by atoms with van der Waals surface area (Å²) in [5.74, 6) is 0.557. The Kier molecular flexibility index (Phi) is 3.98. The van der Waals surface area contributed by atoms with Gasteiger partial charge in [0.05, 0.1) is 4.47 Å².